The van der Waals surface area contributed by atoms with Crippen LogP contribution in [0.1, 0.15) is 12.8 Å². The van der Waals surface area contributed by atoms with Crippen molar-refractivity contribution in [3.8, 4) is 0 Å². The number of hydrogen-bond donors (Lipinski definition) is 1. The van der Waals surface area contributed by atoms with E-state index in [1.54, 1.807) is 0 Å². The van der Waals surface area contributed by atoms with Gasteiger partial charge in [0.05, 0.1) is 6.04 Å². The fraction of sp³-hybridized carbons (Fsp3) is 0.909. The Bertz CT molecular complexity index is 207. The molecule has 0 unspecified atom stereocenters. The van der Waals surface area contributed by atoms with Crippen LogP contribution in [0.5, 0.6) is 0 Å². The summed E-state index contributed by atoms with van der Waals surface area (Å²) in [7, 11) is -1.01. The molecule has 0 amide bonds. The Balaban J connectivity index is 2.07. The number of ketones is 1. The van der Waals surface area contributed by atoms with Crippen molar-refractivity contribution in [2.75, 3.05) is 19.8 Å². The van der Waals surface area contributed by atoms with Gasteiger partial charge >= 0.3 is 0 Å². The standard InChI is InChI=1S/C11H23NO2Si/c1-15(2,3)8-7-14-9-11(13)10-5-4-6-12-10/h10,12H,4-9H2,1-3H3/t10-/m0/s1. The van der Waals surface area contributed by atoms with Crippen LogP contribution in [0.3, 0.4) is 0 Å². The summed E-state index contributed by atoms with van der Waals surface area (Å²) in [5.41, 5.74) is 0. The van der Waals surface area contributed by atoms with Gasteiger partial charge in [0.25, 0.3) is 0 Å². The lowest BCUT2D eigenvalue weighted by molar-refractivity contribution is -0.125. The van der Waals surface area contributed by atoms with Gasteiger partial charge in [0.15, 0.2) is 5.78 Å². The second kappa shape index (κ2) is 5.77. The molecule has 1 atom stereocenters. The molecule has 4 heteroatoms. The SMILES string of the molecule is C[Si](C)(C)CCOCC(=O)[C@@H]1CCCN1. The Morgan fingerprint density at radius 1 is 1.47 bits per heavy atom. The summed E-state index contributed by atoms with van der Waals surface area (Å²) in [6.07, 6.45) is 2.10. The molecular formula is C11H23NO2Si. The fourth-order valence-electron chi connectivity index (χ4n) is 1.61. The summed E-state index contributed by atoms with van der Waals surface area (Å²) in [5.74, 6) is 0.225. The maximum absolute atomic E-state index is 11.6. The summed E-state index contributed by atoms with van der Waals surface area (Å²) in [5, 5.41) is 3.19. The first-order chi connectivity index (χ1) is 6.99. The molecule has 0 aliphatic carbocycles. The Morgan fingerprint density at radius 3 is 2.73 bits per heavy atom. The first kappa shape index (κ1) is 12.9. The molecule has 0 aromatic rings. The zero-order chi connectivity index (χ0) is 11.3. The fourth-order valence-corrected chi connectivity index (χ4v) is 2.37. The Hall–Kier alpha value is -0.193. The molecule has 1 saturated heterocycles. The van der Waals surface area contributed by atoms with Crippen LogP contribution in [0, 0.1) is 0 Å². The molecule has 3 nitrogen and oxygen atoms in total. The molecule has 1 fully saturated rings. The summed E-state index contributed by atoms with van der Waals surface area (Å²) >= 11 is 0. The molecule has 88 valence electrons. The maximum Gasteiger partial charge on any atom is 0.175 e. The van der Waals surface area contributed by atoms with E-state index in [2.05, 4.69) is 25.0 Å². The van der Waals surface area contributed by atoms with Crippen LogP contribution in [-0.2, 0) is 9.53 Å². The van der Waals surface area contributed by atoms with Gasteiger partial charge in [0.2, 0.25) is 0 Å². The zero-order valence-corrected chi connectivity index (χ0v) is 11.1. The van der Waals surface area contributed by atoms with Crippen LogP contribution in [0.15, 0.2) is 0 Å². The highest BCUT2D eigenvalue weighted by Crippen LogP contribution is 2.09. The van der Waals surface area contributed by atoms with Crippen molar-refractivity contribution in [1.29, 1.82) is 0 Å². The van der Waals surface area contributed by atoms with Crippen molar-refractivity contribution in [3.63, 3.8) is 0 Å². The zero-order valence-electron chi connectivity index (χ0n) is 10.1. The smallest absolute Gasteiger partial charge is 0.175 e. The monoisotopic (exact) mass is 229 g/mol. The molecule has 0 spiro atoms. The summed E-state index contributed by atoms with van der Waals surface area (Å²) in [6.45, 7) is 8.96. The third kappa shape index (κ3) is 5.44. The van der Waals surface area contributed by atoms with Gasteiger partial charge in [-0.3, -0.25) is 4.79 Å². The quantitative estimate of drug-likeness (QED) is 0.556. The minimum Gasteiger partial charge on any atom is -0.374 e. The van der Waals surface area contributed by atoms with Crippen molar-refractivity contribution in [2.45, 2.75) is 44.6 Å². The summed E-state index contributed by atoms with van der Waals surface area (Å²) < 4.78 is 5.43. The Labute approximate surface area is 93.6 Å². The number of ether oxygens (including phenoxy) is 1. The molecule has 0 aromatic carbocycles. The first-order valence-corrected chi connectivity index (χ1v) is 9.53. The van der Waals surface area contributed by atoms with Crippen molar-refractivity contribution in [3.05, 3.63) is 0 Å². The molecule has 1 aliphatic rings. The molecule has 15 heavy (non-hydrogen) atoms. The minimum atomic E-state index is -1.01. The van der Waals surface area contributed by atoms with E-state index in [4.69, 9.17) is 4.74 Å². The van der Waals surface area contributed by atoms with E-state index in [0.29, 0.717) is 6.61 Å². The average molecular weight is 229 g/mol. The van der Waals surface area contributed by atoms with Crippen molar-refractivity contribution in [1.82, 2.24) is 5.32 Å². The van der Waals surface area contributed by atoms with Gasteiger partial charge in [-0.15, -0.1) is 0 Å². The third-order valence-corrected chi connectivity index (χ3v) is 4.39. The van der Waals surface area contributed by atoms with Crippen molar-refractivity contribution < 1.29 is 9.53 Å². The van der Waals surface area contributed by atoms with Crippen LogP contribution in [0.4, 0.5) is 0 Å². The third-order valence-electron chi connectivity index (χ3n) is 2.69. The number of carbonyl (C=O) groups excluding carboxylic acids is 1. The predicted octanol–water partition coefficient (Wildman–Crippen LogP) is 1.66. The topological polar surface area (TPSA) is 38.3 Å². The highest BCUT2D eigenvalue weighted by atomic mass is 28.3. The lowest BCUT2D eigenvalue weighted by Gasteiger charge is -2.15. The second-order valence-electron chi connectivity index (χ2n) is 5.48. The van der Waals surface area contributed by atoms with E-state index >= 15 is 0 Å². The van der Waals surface area contributed by atoms with E-state index in [9.17, 15) is 4.79 Å². The van der Waals surface area contributed by atoms with Crippen molar-refractivity contribution >= 4 is 13.9 Å². The van der Waals surface area contributed by atoms with Crippen LogP contribution in [0.2, 0.25) is 25.7 Å². The Morgan fingerprint density at radius 2 is 2.20 bits per heavy atom. The van der Waals surface area contributed by atoms with E-state index in [1.165, 1.54) is 0 Å². The summed E-state index contributed by atoms with van der Waals surface area (Å²) in [6, 6.07) is 1.20. The number of Topliss-reactive ketones (excluding diaryl/α,β-unsaturated/α-hetero) is 1. The van der Waals surface area contributed by atoms with E-state index in [1.807, 2.05) is 0 Å². The van der Waals surface area contributed by atoms with Crippen LogP contribution in [0.25, 0.3) is 0 Å². The lowest BCUT2D eigenvalue weighted by atomic mass is 10.1. The van der Waals surface area contributed by atoms with Gasteiger partial charge in [-0.2, -0.15) is 0 Å². The molecular weight excluding hydrogens is 206 g/mol. The van der Waals surface area contributed by atoms with E-state index < -0.39 is 8.07 Å². The van der Waals surface area contributed by atoms with Crippen LogP contribution >= 0.6 is 0 Å². The molecule has 1 N–H and O–H groups in total. The molecule has 1 rings (SSSR count). The molecule has 1 aliphatic heterocycles. The van der Waals surface area contributed by atoms with Gasteiger partial charge in [-0.25, -0.2) is 0 Å². The van der Waals surface area contributed by atoms with E-state index in [-0.39, 0.29) is 11.8 Å². The highest BCUT2D eigenvalue weighted by Gasteiger charge is 2.21. The largest absolute Gasteiger partial charge is 0.374 e. The minimum absolute atomic E-state index is 0.0666. The molecule has 0 radical (unpaired) electrons. The molecule has 1 heterocycles. The van der Waals surface area contributed by atoms with Gasteiger partial charge < -0.3 is 10.1 Å². The van der Waals surface area contributed by atoms with Gasteiger partial charge in [-0.05, 0) is 25.4 Å². The van der Waals surface area contributed by atoms with Gasteiger partial charge in [-0.1, -0.05) is 19.6 Å². The average Bonchev–Trinajstić information content (AvgIpc) is 2.63. The molecule has 0 bridgehead atoms. The maximum atomic E-state index is 11.6. The van der Waals surface area contributed by atoms with Gasteiger partial charge in [0.1, 0.15) is 6.61 Å². The second-order valence-corrected chi connectivity index (χ2v) is 11.1. The predicted molar refractivity (Wildman–Crippen MR) is 65.0 cm³/mol. The number of carbonyl (C=O) groups is 1. The lowest BCUT2D eigenvalue weighted by Crippen LogP contribution is -2.34. The van der Waals surface area contributed by atoms with E-state index in [0.717, 1.165) is 32.0 Å². The number of rotatable bonds is 6. The number of hydrogen-bond acceptors (Lipinski definition) is 3. The highest BCUT2D eigenvalue weighted by molar-refractivity contribution is 6.76. The summed E-state index contributed by atoms with van der Waals surface area (Å²) in [4.78, 5) is 11.6. The van der Waals surface area contributed by atoms with Gasteiger partial charge in [0, 0.05) is 14.7 Å². The molecule has 0 aromatic heterocycles. The molecule has 0 saturated carbocycles. The Kier molecular flexibility index (Phi) is 4.95. The van der Waals surface area contributed by atoms with Crippen LogP contribution < -0.4 is 5.32 Å². The first-order valence-electron chi connectivity index (χ1n) is 5.83. The number of nitrogens with one attached hydrogen (secondary N) is 1. The van der Waals surface area contributed by atoms with Crippen molar-refractivity contribution in [2.24, 2.45) is 0 Å². The normalized spacial score (nSPS) is 21.9. The van der Waals surface area contributed by atoms with Crippen LogP contribution in [-0.4, -0.2) is 39.7 Å².